The van der Waals surface area contributed by atoms with Gasteiger partial charge in [0, 0.05) is 19.0 Å². The van der Waals surface area contributed by atoms with Gasteiger partial charge in [0.2, 0.25) is 0 Å². The van der Waals surface area contributed by atoms with Crippen molar-refractivity contribution in [2.24, 2.45) is 0 Å². The number of carbonyl (C=O) groups excluding carboxylic acids is 1. The maximum absolute atomic E-state index is 12.3. The number of hydrogen-bond donors (Lipinski definition) is 1. The fourth-order valence-corrected chi connectivity index (χ4v) is 2.92. The number of hydrogen-bond acceptors (Lipinski definition) is 5. The number of nitrogens with zero attached hydrogens (tertiary/aromatic N) is 1. The van der Waals surface area contributed by atoms with Crippen molar-refractivity contribution in [3.05, 3.63) is 54.1 Å². The van der Waals surface area contributed by atoms with Gasteiger partial charge in [-0.2, -0.15) is 0 Å². The molecule has 0 radical (unpaired) electrons. The summed E-state index contributed by atoms with van der Waals surface area (Å²) in [5.41, 5.74) is 0.743. The summed E-state index contributed by atoms with van der Waals surface area (Å²) < 4.78 is 52.0. The molecule has 0 aliphatic carbocycles. The second-order valence-electron chi connectivity index (χ2n) is 6.48. The topological polar surface area (TPSA) is 68.2 Å². The number of aliphatic hydroxyl groups excluding tert-OH is 1. The number of rotatable bonds is 7. The molecule has 0 bridgehead atoms. The minimum absolute atomic E-state index is 0.0698. The van der Waals surface area contributed by atoms with Crippen molar-refractivity contribution in [1.29, 1.82) is 0 Å². The van der Waals surface area contributed by atoms with Gasteiger partial charge in [0.1, 0.15) is 23.4 Å². The standard InChI is InChI=1S/C20H20F3NO5/c21-20(22,23)29-17-3-1-2-16(10-17)28-18-8-9-24(11-18)19(26)13-27-15-6-4-14(12-25)5-7-15/h1-7,10,18,25H,8-9,11-13H2. The molecule has 1 aliphatic rings. The Balaban J connectivity index is 1.48. The van der Waals surface area contributed by atoms with Crippen LogP contribution in [0.25, 0.3) is 0 Å². The van der Waals surface area contributed by atoms with Crippen molar-refractivity contribution in [3.8, 4) is 17.2 Å². The molecule has 1 saturated heterocycles. The third kappa shape index (κ3) is 6.28. The Labute approximate surface area is 165 Å². The molecule has 9 heteroatoms. The fraction of sp³-hybridized carbons (Fsp3) is 0.350. The van der Waals surface area contributed by atoms with Crippen molar-refractivity contribution in [2.45, 2.75) is 25.5 Å². The van der Waals surface area contributed by atoms with E-state index in [1.54, 1.807) is 29.2 Å². The summed E-state index contributed by atoms with van der Waals surface area (Å²) in [5.74, 6) is 0.188. The second-order valence-corrected chi connectivity index (χ2v) is 6.48. The van der Waals surface area contributed by atoms with Gasteiger partial charge in [-0.15, -0.1) is 13.2 Å². The summed E-state index contributed by atoms with van der Waals surface area (Å²) in [6, 6.07) is 12.0. The Morgan fingerprint density at radius 1 is 1.10 bits per heavy atom. The van der Waals surface area contributed by atoms with E-state index in [0.29, 0.717) is 25.3 Å². The lowest BCUT2D eigenvalue weighted by molar-refractivity contribution is -0.274. The maximum Gasteiger partial charge on any atom is 0.573 e. The minimum Gasteiger partial charge on any atom is -0.488 e. The molecule has 1 atom stereocenters. The number of aliphatic hydroxyl groups is 1. The van der Waals surface area contributed by atoms with E-state index in [1.165, 1.54) is 18.2 Å². The van der Waals surface area contributed by atoms with Gasteiger partial charge in [0.15, 0.2) is 6.61 Å². The van der Waals surface area contributed by atoms with Gasteiger partial charge < -0.3 is 24.2 Å². The Morgan fingerprint density at radius 2 is 1.83 bits per heavy atom. The number of benzene rings is 2. The van der Waals surface area contributed by atoms with Crippen LogP contribution in [-0.2, 0) is 11.4 Å². The number of carbonyl (C=O) groups is 1. The van der Waals surface area contributed by atoms with E-state index in [-0.39, 0.29) is 36.7 Å². The lowest BCUT2D eigenvalue weighted by Crippen LogP contribution is -2.34. The molecule has 1 fully saturated rings. The lowest BCUT2D eigenvalue weighted by Gasteiger charge is -2.18. The highest BCUT2D eigenvalue weighted by Gasteiger charge is 2.31. The quantitative estimate of drug-likeness (QED) is 0.758. The molecule has 1 heterocycles. The SMILES string of the molecule is O=C(COc1ccc(CO)cc1)N1CCC(Oc2cccc(OC(F)(F)F)c2)C1. The first-order valence-corrected chi connectivity index (χ1v) is 8.95. The molecule has 0 spiro atoms. The molecule has 2 aromatic carbocycles. The van der Waals surface area contributed by atoms with Gasteiger partial charge >= 0.3 is 6.36 Å². The van der Waals surface area contributed by atoms with Gasteiger partial charge in [-0.1, -0.05) is 18.2 Å². The number of ether oxygens (including phenoxy) is 3. The first-order chi connectivity index (χ1) is 13.8. The predicted molar refractivity (Wildman–Crippen MR) is 96.6 cm³/mol. The molecule has 1 unspecified atom stereocenters. The number of amides is 1. The first kappa shape index (κ1) is 20.8. The smallest absolute Gasteiger partial charge is 0.488 e. The van der Waals surface area contributed by atoms with Crippen molar-refractivity contribution in [1.82, 2.24) is 4.90 Å². The van der Waals surface area contributed by atoms with Crippen LogP contribution < -0.4 is 14.2 Å². The predicted octanol–water partition coefficient (Wildman–Crippen LogP) is 3.14. The second kappa shape index (κ2) is 9.04. The van der Waals surface area contributed by atoms with Crippen LogP contribution in [0.1, 0.15) is 12.0 Å². The molecule has 0 aromatic heterocycles. The molecule has 1 aliphatic heterocycles. The van der Waals surface area contributed by atoms with Gasteiger partial charge in [-0.25, -0.2) is 0 Å². The van der Waals surface area contributed by atoms with E-state index in [9.17, 15) is 18.0 Å². The van der Waals surface area contributed by atoms with E-state index < -0.39 is 6.36 Å². The summed E-state index contributed by atoms with van der Waals surface area (Å²) in [6.45, 7) is 0.574. The molecule has 156 valence electrons. The first-order valence-electron chi connectivity index (χ1n) is 8.95. The molecule has 1 amide bonds. The van der Waals surface area contributed by atoms with E-state index in [4.69, 9.17) is 14.6 Å². The minimum atomic E-state index is -4.77. The van der Waals surface area contributed by atoms with Crippen LogP contribution in [0, 0.1) is 0 Å². The van der Waals surface area contributed by atoms with E-state index in [0.717, 1.165) is 11.6 Å². The molecule has 29 heavy (non-hydrogen) atoms. The molecule has 1 N–H and O–H groups in total. The van der Waals surface area contributed by atoms with E-state index >= 15 is 0 Å². The highest BCUT2D eigenvalue weighted by molar-refractivity contribution is 5.78. The Morgan fingerprint density at radius 3 is 2.52 bits per heavy atom. The van der Waals surface area contributed by atoms with Crippen molar-refractivity contribution in [2.75, 3.05) is 19.7 Å². The maximum atomic E-state index is 12.3. The zero-order valence-corrected chi connectivity index (χ0v) is 15.4. The van der Waals surface area contributed by atoms with Crippen LogP contribution in [0.4, 0.5) is 13.2 Å². The van der Waals surface area contributed by atoms with Gasteiger partial charge in [0.25, 0.3) is 5.91 Å². The van der Waals surface area contributed by atoms with Crippen molar-refractivity contribution < 1.29 is 37.3 Å². The lowest BCUT2D eigenvalue weighted by atomic mass is 10.2. The number of halogens is 3. The van der Waals surface area contributed by atoms with Crippen LogP contribution in [0.2, 0.25) is 0 Å². The molecule has 3 rings (SSSR count). The van der Waals surface area contributed by atoms with Crippen molar-refractivity contribution in [3.63, 3.8) is 0 Å². The average molecular weight is 411 g/mol. The van der Waals surface area contributed by atoms with Crippen LogP contribution >= 0.6 is 0 Å². The number of alkyl halides is 3. The zero-order chi connectivity index (χ0) is 20.9. The van der Waals surface area contributed by atoms with Gasteiger partial charge in [-0.05, 0) is 29.8 Å². The average Bonchev–Trinajstić information content (AvgIpc) is 3.14. The normalized spacial score (nSPS) is 16.6. The van der Waals surface area contributed by atoms with Crippen LogP contribution in [-0.4, -0.2) is 48.1 Å². The van der Waals surface area contributed by atoms with Crippen LogP contribution in [0.5, 0.6) is 17.2 Å². The summed E-state index contributed by atoms with van der Waals surface area (Å²) in [4.78, 5) is 13.9. The molecular weight excluding hydrogens is 391 g/mol. The van der Waals surface area contributed by atoms with Crippen LogP contribution in [0.15, 0.2) is 48.5 Å². The van der Waals surface area contributed by atoms with Gasteiger partial charge in [0.05, 0.1) is 13.2 Å². The summed E-state index contributed by atoms with van der Waals surface area (Å²) in [7, 11) is 0. The Bertz CT molecular complexity index is 826. The van der Waals surface area contributed by atoms with Crippen molar-refractivity contribution >= 4 is 5.91 Å². The zero-order valence-electron chi connectivity index (χ0n) is 15.4. The van der Waals surface area contributed by atoms with Crippen LogP contribution in [0.3, 0.4) is 0 Å². The summed E-state index contributed by atoms with van der Waals surface area (Å²) >= 11 is 0. The molecular formula is C20H20F3NO5. The monoisotopic (exact) mass is 411 g/mol. The Kier molecular flexibility index (Phi) is 6.48. The number of likely N-dealkylation sites (tertiary alicyclic amines) is 1. The Hall–Kier alpha value is -2.94. The third-order valence-corrected chi connectivity index (χ3v) is 4.31. The molecule has 2 aromatic rings. The highest BCUT2D eigenvalue weighted by Crippen LogP contribution is 2.27. The van der Waals surface area contributed by atoms with E-state index in [2.05, 4.69) is 4.74 Å². The van der Waals surface area contributed by atoms with Gasteiger partial charge in [-0.3, -0.25) is 4.79 Å². The highest BCUT2D eigenvalue weighted by atomic mass is 19.4. The molecule has 6 nitrogen and oxygen atoms in total. The summed E-state index contributed by atoms with van der Waals surface area (Å²) in [6.07, 6.45) is -4.54. The fourth-order valence-electron chi connectivity index (χ4n) is 2.92. The summed E-state index contributed by atoms with van der Waals surface area (Å²) in [5, 5.41) is 9.02. The molecule has 0 saturated carbocycles. The van der Waals surface area contributed by atoms with E-state index in [1.807, 2.05) is 0 Å². The largest absolute Gasteiger partial charge is 0.573 e. The third-order valence-electron chi connectivity index (χ3n) is 4.31.